The van der Waals surface area contributed by atoms with E-state index in [0.717, 1.165) is 16.7 Å². The number of hydrogen-bond acceptors (Lipinski definition) is 3. The van der Waals surface area contributed by atoms with Gasteiger partial charge in [0, 0.05) is 17.1 Å². The molecule has 1 aromatic heterocycles. The molecule has 2 rings (SSSR count). The largest absolute Gasteiger partial charge is 0.313 e. The summed E-state index contributed by atoms with van der Waals surface area (Å²) in [6, 6.07) is 7.92. The zero-order chi connectivity index (χ0) is 13.8. The zero-order valence-corrected chi connectivity index (χ0v) is 11.5. The van der Waals surface area contributed by atoms with E-state index < -0.39 is 11.6 Å². The third-order valence-corrected chi connectivity index (χ3v) is 3.73. The fraction of sp³-hybridized carbons (Fsp3) is 0.214. The minimum Gasteiger partial charge on any atom is -0.313 e. The molecular weight excluding hydrogens is 266 g/mol. The van der Waals surface area contributed by atoms with Crippen LogP contribution in [0.25, 0.3) is 0 Å². The molecule has 0 fully saturated rings. The van der Waals surface area contributed by atoms with Crippen LogP contribution < -0.4 is 5.32 Å². The molecule has 5 heteroatoms. The highest BCUT2D eigenvalue weighted by Crippen LogP contribution is 2.28. The maximum absolute atomic E-state index is 13.1. The predicted molar refractivity (Wildman–Crippen MR) is 72.2 cm³/mol. The maximum Gasteiger partial charge on any atom is 0.159 e. The third-order valence-electron chi connectivity index (χ3n) is 2.81. The van der Waals surface area contributed by atoms with Gasteiger partial charge in [0.15, 0.2) is 11.6 Å². The second kappa shape index (κ2) is 6.12. The topological polar surface area (TPSA) is 24.9 Å². The van der Waals surface area contributed by atoms with Crippen molar-refractivity contribution >= 4 is 11.8 Å². The van der Waals surface area contributed by atoms with Crippen LogP contribution in [-0.4, -0.2) is 12.0 Å². The summed E-state index contributed by atoms with van der Waals surface area (Å²) in [6.07, 6.45) is 1.71. The van der Waals surface area contributed by atoms with E-state index >= 15 is 0 Å². The molecule has 0 saturated carbocycles. The first-order valence-electron chi connectivity index (χ1n) is 5.86. The molecule has 2 aromatic rings. The Morgan fingerprint density at radius 1 is 1.16 bits per heavy atom. The normalized spacial score (nSPS) is 12.4. The SMILES string of the molecule is CNC(C)c1ccnc(Sc2ccc(F)c(F)c2)c1. The smallest absolute Gasteiger partial charge is 0.159 e. The molecule has 1 unspecified atom stereocenters. The van der Waals surface area contributed by atoms with Gasteiger partial charge in [-0.25, -0.2) is 13.8 Å². The van der Waals surface area contributed by atoms with Crippen LogP contribution in [0.4, 0.5) is 8.78 Å². The van der Waals surface area contributed by atoms with Gasteiger partial charge >= 0.3 is 0 Å². The van der Waals surface area contributed by atoms with Crippen LogP contribution in [0, 0.1) is 11.6 Å². The van der Waals surface area contributed by atoms with E-state index in [9.17, 15) is 8.78 Å². The summed E-state index contributed by atoms with van der Waals surface area (Å²) >= 11 is 1.31. The maximum atomic E-state index is 13.1. The number of rotatable bonds is 4. The van der Waals surface area contributed by atoms with E-state index in [1.807, 2.05) is 26.1 Å². The van der Waals surface area contributed by atoms with Crippen molar-refractivity contribution in [2.24, 2.45) is 0 Å². The summed E-state index contributed by atoms with van der Waals surface area (Å²) in [5.41, 5.74) is 1.10. The van der Waals surface area contributed by atoms with Crippen LogP contribution in [0.5, 0.6) is 0 Å². The average Bonchev–Trinajstić information content (AvgIpc) is 2.42. The third kappa shape index (κ3) is 3.52. The van der Waals surface area contributed by atoms with Crippen molar-refractivity contribution in [1.29, 1.82) is 0 Å². The Labute approximate surface area is 115 Å². The molecule has 0 saturated heterocycles. The van der Waals surface area contributed by atoms with E-state index in [2.05, 4.69) is 10.3 Å². The van der Waals surface area contributed by atoms with E-state index in [4.69, 9.17) is 0 Å². The molecule has 1 aromatic carbocycles. The average molecular weight is 280 g/mol. The van der Waals surface area contributed by atoms with Crippen molar-refractivity contribution in [2.75, 3.05) is 7.05 Å². The second-order valence-electron chi connectivity index (χ2n) is 4.12. The number of nitrogens with zero attached hydrogens (tertiary/aromatic N) is 1. The molecule has 0 amide bonds. The fourth-order valence-electron chi connectivity index (χ4n) is 1.58. The summed E-state index contributed by atoms with van der Waals surface area (Å²) in [6.45, 7) is 2.04. The highest BCUT2D eigenvalue weighted by molar-refractivity contribution is 7.99. The number of pyridine rings is 1. The Kier molecular flexibility index (Phi) is 4.50. The monoisotopic (exact) mass is 280 g/mol. The van der Waals surface area contributed by atoms with Crippen LogP contribution in [-0.2, 0) is 0 Å². The highest BCUT2D eigenvalue weighted by Gasteiger charge is 2.07. The molecular formula is C14H14F2N2S. The lowest BCUT2D eigenvalue weighted by molar-refractivity contribution is 0.506. The molecule has 1 N–H and O–H groups in total. The predicted octanol–water partition coefficient (Wildman–Crippen LogP) is 3.79. The van der Waals surface area contributed by atoms with Gasteiger partial charge in [-0.2, -0.15) is 0 Å². The van der Waals surface area contributed by atoms with Gasteiger partial charge in [-0.05, 0) is 49.9 Å². The Balaban J connectivity index is 2.20. The van der Waals surface area contributed by atoms with Gasteiger partial charge in [0.05, 0.1) is 0 Å². The number of aromatic nitrogens is 1. The van der Waals surface area contributed by atoms with Crippen LogP contribution in [0.2, 0.25) is 0 Å². The number of hydrogen-bond donors (Lipinski definition) is 1. The molecule has 100 valence electrons. The lowest BCUT2D eigenvalue weighted by atomic mass is 10.1. The summed E-state index contributed by atoms with van der Waals surface area (Å²) in [5, 5.41) is 3.90. The number of nitrogens with one attached hydrogen (secondary N) is 1. The minimum absolute atomic E-state index is 0.215. The van der Waals surface area contributed by atoms with Crippen LogP contribution in [0.1, 0.15) is 18.5 Å². The highest BCUT2D eigenvalue weighted by atomic mass is 32.2. The molecule has 0 aliphatic rings. The van der Waals surface area contributed by atoms with Crippen LogP contribution >= 0.6 is 11.8 Å². The van der Waals surface area contributed by atoms with Crippen LogP contribution in [0.15, 0.2) is 46.5 Å². The molecule has 0 aliphatic carbocycles. The first kappa shape index (κ1) is 14.0. The molecule has 19 heavy (non-hydrogen) atoms. The molecule has 1 atom stereocenters. The van der Waals surface area contributed by atoms with Crippen molar-refractivity contribution in [3.05, 3.63) is 53.7 Å². The lowest BCUT2D eigenvalue weighted by Gasteiger charge is -2.11. The minimum atomic E-state index is -0.843. The summed E-state index contributed by atoms with van der Waals surface area (Å²) in [7, 11) is 1.88. The number of benzene rings is 1. The van der Waals surface area contributed by atoms with Gasteiger partial charge in [0.25, 0.3) is 0 Å². The first-order chi connectivity index (χ1) is 9.10. The van der Waals surface area contributed by atoms with Gasteiger partial charge in [0.2, 0.25) is 0 Å². The van der Waals surface area contributed by atoms with Crippen molar-refractivity contribution in [3.63, 3.8) is 0 Å². The summed E-state index contributed by atoms with van der Waals surface area (Å²) in [4.78, 5) is 4.85. The van der Waals surface area contributed by atoms with E-state index in [1.54, 1.807) is 12.3 Å². The van der Waals surface area contributed by atoms with E-state index in [1.165, 1.54) is 17.8 Å². The van der Waals surface area contributed by atoms with Gasteiger partial charge in [-0.1, -0.05) is 11.8 Å². The zero-order valence-electron chi connectivity index (χ0n) is 10.7. The number of halogens is 2. The Morgan fingerprint density at radius 2 is 1.95 bits per heavy atom. The molecule has 2 nitrogen and oxygen atoms in total. The van der Waals surface area contributed by atoms with Gasteiger partial charge in [-0.15, -0.1) is 0 Å². The molecule has 0 bridgehead atoms. The fourth-order valence-corrected chi connectivity index (χ4v) is 2.43. The van der Waals surface area contributed by atoms with Crippen molar-refractivity contribution in [1.82, 2.24) is 10.3 Å². The van der Waals surface area contributed by atoms with E-state index in [0.29, 0.717) is 4.90 Å². The first-order valence-corrected chi connectivity index (χ1v) is 6.68. The molecule has 0 spiro atoms. The van der Waals surface area contributed by atoms with Gasteiger partial charge in [-0.3, -0.25) is 0 Å². The van der Waals surface area contributed by atoms with Crippen molar-refractivity contribution in [2.45, 2.75) is 22.9 Å². The second-order valence-corrected chi connectivity index (χ2v) is 5.21. The summed E-state index contributed by atoms with van der Waals surface area (Å²) < 4.78 is 26.0. The van der Waals surface area contributed by atoms with Crippen LogP contribution in [0.3, 0.4) is 0 Å². The molecule has 0 radical (unpaired) electrons. The van der Waals surface area contributed by atoms with Crippen molar-refractivity contribution < 1.29 is 8.78 Å². The van der Waals surface area contributed by atoms with Gasteiger partial charge < -0.3 is 5.32 Å². The Hall–Kier alpha value is -1.46. The standard InChI is InChI=1S/C14H14F2N2S/c1-9(17-2)10-5-6-18-14(7-10)19-11-3-4-12(15)13(16)8-11/h3-9,17H,1-2H3. The van der Waals surface area contributed by atoms with Crippen molar-refractivity contribution in [3.8, 4) is 0 Å². The van der Waals surface area contributed by atoms with Gasteiger partial charge in [0.1, 0.15) is 5.03 Å². The molecule has 0 aliphatic heterocycles. The quantitative estimate of drug-likeness (QED) is 0.922. The molecule has 1 heterocycles. The Bertz CT molecular complexity index is 575. The summed E-state index contributed by atoms with van der Waals surface area (Å²) in [5.74, 6) is -1.68. The van der Waals surface area contributed by atoms with E-state index in [-0.39, 0.29) is 6.04 Å². The Morgan fingerprint density at radius 3 is 2.63 bits per heavy atom. The lowest BCUT2D eigenvalue weighted by Crippen LogP contribution is -2.12.